The van der Waals surface area contributed by atoms with Crippen LogP contribution in [-0.4, -0.2) is 33.7 Å². The van der Waals surface area contributed by atoms with Gasteiger partial charge >= 0.3 is 7.82 Å². The molecule has 0 bridgehead atoms. The third-order valence-electron chi connectivity index (χ3n) is 3.61. The zero-order valence-corrected chi connectivity index (χ0v) is 16.7. The van der Waals surface area contributed by atoms with Crippen molar-refractivity contribution in [2.45, 2.75) is 13.8 Å². The van der Waals surface area contributed by atoms with E-state index in [1.165, 1.54) is 13.2 Å². The number of ether oxygens (including phenoxy) is 2. The predicted molar refractivity (Wildman–Crippen MR) is 102 cm³/mol. The lowest BCUT2D eigenvalue weighted by Gasteiger charge is -2.21. The van der Waals surface area contributed by atoms with Gasteiger partial charge in [0.05, 0.1) is 27.4 Å². The van der Waals surface area contributed by atoms with E-state index in [0.29, 0.717) is 28.7 Å². The second-order valence-electron chi connectivity index (χ2n) is 5.32. The minimum atomic E-state index is -3.86. The highest BCUT2D eigenvalue weighted by Crippen LogP contribution is 2.54. The predicted octanol–water partition coefficient (Wildman–Crippen LogP) is 4.74. The highest BCUT2D eigenvalue weighted by molar-refractivity contribution is 7.48. The first-order chi connectivity index (χ1) is 13.0. The topological polar surface area (TPSA) is 80.3 Å². The summed E-state index contributed by atoms with van der Waals surface area (Å²) in [5, 5.41) is 0. The third kappa shape index (κ3) is 5.10. The molecular formula is C19H23O7P. The number of carbonyl (C=O) groups excluding carboxylic acids is 1. The van der Waals surface area contributed by atoms with Crippen LogP contribution in [0.1, 0.15) is 24.2 Å². The van der Waals surface area contributed by atoms with E-state index in [-0.39, 0.29) is 24.7 Å². The van der Waals surface area contributed by atoms with Crippen molar-refractivity contribution >= 4 is 14.1 Å². The fourth-order valence-electron chi connectivity index (χ4n) is 2.44. The van der Waals surface area contributed by atoms with E-state index in [1.807, 2.05) is 0 Å². The number of hydrogen-bond acceptors (Lipinski definition) is 7. The van der Waals surface area contributed by atoms with E-state index in [1.54, 1.807) is 51.3 Å². The van der Waals surface area contributed by atoms with E-state index >= 15 is 0 Å². The van der Waals surface area contributed by atoms with Gasteiger partial charge in [0.1, 0.15) is 12.0 Å². The van der Waals surface area contributed by atoms with E-state index in [2.05, 4.69) is 0 Å². The van der Waals surface area contributed by atoms with Crippen molar-refractivity contribution in [3.8, 4) is 28.4 Å². The summed E-state index contributed by atoms with van der Waals surface area (Å²) in [5.74, 6) is 1.08. The number of methoxy groups -OCH3 is 2. The molecule has 0 saturated carbocycles. The molecule has 0 unspecified atom stereocenters. The summed E-state index contributed by atoms with van der Waals surface area (Å²) in [5.41, 5.74) is 1.61. The Kier molecular flexibility index (Phi) is 7.42. The van der Waals surface area contributed by atoms with Crippen molar-refractivity contribution in [2.24, 2.45) is 0 Å². The average Bonchev–Trinajstić information content (AvgIpc) is 2.68. The minimum Gasteiger partial charge on any atom is -0.497 e. The van der Waals surface area contributed by atoms with Gasteiger partial charge in [-0.3, -0.25) is 13.8 Å². The molecule has 7 nitrogen and oxygen atoms in total. The maximum Gasteiger partial charge on any atom is 0.530 e. The van der Waals surface area contributed by atoms with Gasteiger partial charge in [-0.15, -0.1) is 0 Å². The van der Waals surface area contributed by atoms with Gasteiger partial charge in [0.25, 0.3) is 0 Å². The summed E-state index contributed by atoms with van der Waals surface area (Å²) in [6.07, 6.45) is 0.698. The van der Waals surface area contributed by atoms with Crippen molar-refractivity contribution < 1.29 is 32.4 Å². The van der Waals surface area contributed by atoms with Gasteiger partial charge in [-0.2, -0.15) is 0 Å². The van der Waals surface area contributed by atoms with Crippen molar-refractivity contribution in [3.63, 3.8) is 0 Å². The molecule has 2 rings (SSSR count). The van der Waals surface area contributed by atoms with Crippen molar-refractivity contribution in [1.29, 1.82) is 0 Å². The highest BCUT2D eigenvalue weighted by atomic mass is 31.2. The first kappa shape index (κ1) is 21.0. The van der Waals surface area contributed by atoms with E-state index in [4.69, 9.17) is 23.0 Å². The number of benzene rings is 2. The Balaban J connectivity index is 2.62. The molecule has 0 amide bonds. The molecular weight excluding hydrogens is 371 g/mol. The van der Waals surface area contributed by atoms with Crippen LogP contribution in [0.15, 0.2) is 36.4 Å². The molecule has 0 aliphatic heterocycles. The Morgan fingerprint density at radius 2 is 1.59 bits per heavy atom. The largest absolute Gasteiger partial charge is 0.530 e. The third-order valence-corrected chi connectivity index (χ3v) is 5.17. The first-order valence-electron chi connectivity index (χ1n) is 8.40. The molecule has 27 heavy (non-hydrogen) atoms. The van der Waals surface area contributed by atoms with Crippen molar-refractivity contribution in [2.75, 3.05) is 27.4 Å². The average molecular weight is 394 g/mol. The molecule has 0 aliphatic carbocycles. The fraction of sp³-hybridized carbons (Fsp3) is 0.316. The van der Waals surface area contributed by atoms with Crippen LogP contribution in [0.3, 0.4) is 0 Å². The normalized spacial score (nSPS) is 11.1. The molecule has 146 valence electrons. The number of phosphoric acid groups is 1. The van der Waals surface area contributed by atoms with Gasteiger partial charge in [0.15, 0.2) is 11.5 Å². The van der Waals surface area contributed by atoms with E-state index in [0.717, 1.165) is 0 Å². The molecule has 0 aliphatic rings. The Morgan fingerprint density at radius 1 is 0.963 bits per heavy atom. The molecule has 0 fully saturated rings. The lowest BCUT2D eigenvalue weighted by Crippen LogP contribution is -2.05. The number of rotatable bonds is 10. The SMILES string of the molecule is CCOP(=O)(OCC)Oc1c(OC)cc(C=O)cc1-c1ccc(OC)cc1. The number of phosphoric ester groups is 1. The Morgan fingerprint density at radius 3 is 2.07 bits per heavy atom. The van der Waals surface area contributed by atoms with Crippen LogP contribution in [0.2, 0.25) is 0 Å². The summed E-state index contributed by atoms with van der Waals surface area (Å²) in [4.78, 5) is 11.3. The molecule has 0 radical (unpaired) electrons. The summed E-state index contributed by atoms with van der Waals surface area (Å²) >= 11 is 0. The fourth-order valence-corrected chi connectivity index (χ4v) is 3.66. The Labute approximate surface area is 158 Å². The van der Waals surface area contributed by atoms with Crippen LogP contribution < -0.4 is 14.0 Å². The molecule has 0 heterocycles. The summed E-state index contributed by atoms with van der Waals surface area (Å²) in [7, 11) is -0.860. The number of hydrogen-bond donors (Lipinski definition) is 0. The van der Waals surface area contributed by atoms with Crippen LogP contribution in [0.5, 0.6) is 17.2 Å². The Hall–Kier alpha value is -2.34. The second kappa shape index (κ2) is 9.55. The van der Waals surface area contributed by atoms with Crippen LogP contribution in [0.4, 0.5) is 0 Å². The summed E-state index contributed by atoms with van der Waals surface area (Å²) in [6, 6.07) is 10.2. The highest BCUT2D eigenvalue weighted by Gasteiger charge is 2.31. The molecule has 0 atom stereocenters. The molecule has 2 aromatic carbocycles. The van der Waals surface area contributed by atoms with Crippen LogP contribution >= 0.6 is 7.82 Å². The minimum absolute atomic E-state index is 0.143. The summed E-state index contributed by atoms with van der Waals surface area (Å²) < 4.78 is 39.5. The zero-order valence-electron chi connectivity index (χ0n) is 15.8. The van der Waals surface area contributed by atoms with Crippen LogP contribution in [-0.2, 0) is 13.6 Å². The molecule has 0 aromatic heterocycles. The molecule has 8 heteroatoms. The quantitative estimate of drug-likeness (QED) is 0.425. The standard InChI is InChI=1S/C19H23O7P/c1-5-24-27(21,25-6-2)26-19-17(11-14(13-20)12-18(19)23-4)15-7-9-16(22-3)10-8-15/h7-13H,5-6H2,1-4H3. The number of aldehydes is 1. The smallest absolute Gasteiger partial charge is 0.497 e. The summed E-state index contributed by atoms with van der Waals surface area (Å²) in [6.45, 7) is 3.66. The van der Waals surface area contributed by atoms with Gasteiger partial charge < -0.3 is 14.0 Å². The lowest BCUT2D eigenvalue weighted by molar-refractivity contribution is 0.112. The van der Waals surface area contributed by atoms with Crippen molar-refractivity contribution in [3.05, 3.63) is 42.0 Å². The van der Waals surface area contributed by atoms with Gasteiger partial charge in [-0.25, -0.2) is 4.57 Å². The zero-order chi connectivity index (χ0) is 19.9. The maximum absolute atomic E-state index is 12.9. The van der Waals surface area contributed by atoms with E-state index < -0.39 is 7.82 Å². The van der Waals surface area contributed by atoms with Crippen LogP contribution in [0, 0.1) is 0 Å². The Bertz CT molecular complexity index is 808. The lowest BCUT2D eigenvalue weighted by atomic mass is 10.0. The number of carbonyl (C=O) groups is 1. The molecule has 0 saturated heterocycles. The maximum atomic E-state index is 12.9. The molecule has 0 spiro atoms. The van der Waals surface area contributed by atoms with Crippen molar-refractivity contribution in [1.82, 2.24) is 0 Å². The molecule has 0 N–H and O–H groups in total. The monoisotopic (exact) mass is 394 g/mol. The second-order valence-corrected chi connectivity index (χ2v) is 6.91. The van der Waals surface area contributed by atoms with Gasteiger partial charge in [0.2, 0.25) is 0 Å². The van der Waals surface area contributed by atoms with Gasteiger partial charge in [-0.05, 0) is 43.7 Å². The first-order valence-corrected chi connectivity index (χ1v) is 9.86. The van der Waals surface area contributed by atoms with Gasteiger partial charge in [0, 0.05) is 11.1 Å². The van der Waals surface area contributed by atoms with Gasteiger partial charge in [-0.1, -0.05) is 12.1 Å². The van der Waals surface area contributed by atoms with Crippen LogP contribution in [0.25, 0.3) is 11.1 Å². The molecule has 2 aromatic rings. The van der Waals surface area contributed by atoms with E-state index in [9.17, 15) is 9.36 Å².